The molecule has 0 saturated heterocycles. The number of amides is 1. The van der Waals surface area contributed by atoms with Crippen LogP contribution < -0.4 is 14.8 Å². The van der Waals surface area contributed by atoms with Crippen LogP contribution in [0, 0.1) is 5.92 Å². The maximum atomic E-state index is 12.7. The molecule has 2 N–H and O–H groups in total. The van der Waals surface area contributed by atoms with E-state index in [1.165, 1.54) is 5.56 Å². The average molecular weight is 472 g/mol. The minimum atomic E-state index is -0.950. The number of hydrogen-bond acceptors (Lipinski definition) is 7. The molecule has 1 aliphatic heterocycles. The van der Waals surface area contributed by atoms with Gasteiger partial charge in [-0.1, -0.05) is 12.5 Å². The molecular formula is C26H33NO7. The van der Waals surface area contributed by atoms with Crippen LogP contribution in [0.25, 0.3) is 0 Å². The molecule has 0 unspecified atom stereocenters. The van der Waals surface area contributed by atoms with Crippen molar-refractivity contribution in [1.82, 2.24) is 5.32 Å². The fourth-order valence-corrected chi connectivity index (χ4v) is 6.44. The minimum Gasteiger partial charge on any atom is -0.493 e. The summed E-state index contributed by atoms with van der Waals surface area (Å²) in [5.74, 6) is 1.36. The average Bonchev–Trinajstić information content (AvgIpc) is 3.09. The van der Waals surface area contributed by atoms with Crippen LogP contribution in [0.15, 0.2) is 24.0 Å². The number of hydrogen-bond donors (Lipinski definition) is 2. The van der Waals surface area contributed by atoms with Crippen molar-refractivity contribution in [3.05, 3.63) is 35.1 Å². The van der Waals surface area contributed by atoms with E-state index < -0.39 is 34.8 Å². The van der Waals surface area contributed by atoms with Gasteiger partial charge in [-0.25, -0.2) is 4.79 Å². The summed E-state index contributed by atoms with van der Waals surface area (Å²) in [5.41, 5.74) is -0.0214. The molecule has 1 aromatic rings. The Hall–Kier alpha value is -2.74. The summed E-state index contributed by atoms with van der Waals surface area (Å²) in [7, 11) is 1.61. The van der Waals surface area contributed by atoms with E-state index in [1.807, 2.05) is 12.1 Å². The number of alkyl carbamates (subject to hydrolysis) is 1. The molecule has 1 heterocycles. The van der Waals surface area contributed by atoms with Crippen molar-refractivity contribution in [2.24, 2.45) is 5.92 Å². The normalized spacial score (nSPS) is 30.4. The van der Waals surface area contributed by atoms with Crippen molar-refractivity contribution >= 4 is 12.1 Å². The molecule has 2 bridgehead atoms. The molecular weight excluding hydrogens is 438 g/mol. The second-order valence-corrected chi connectivity index (χ2v) is 10.8. The van der Waals surface area contributed by atoms with Crippen LogP contribution in [0.1, 0.15) is 64.0 Å². The Morgan fingerprint density at radius 1 is 1.29 bits per heavy atom. The van der Waals surface area contributed by atoms with Crippen molar-refractivity contribution in [3.63, 3.8) is 0 Å². The summed E-state index contributed by atoms with van der Waals surface area (Å²) in [6.07, 6.45) is 4.54. The van der Waals surface area contributed by atoms with Crippen LogP contribution >= 0.6 is 0 Å². The second-order valence-electron chi connectivity index (χ2n) is 10.8. The van der Waals surface area contributed by atoms with Gasteiger partial charge in [0.25, 0.3) is 0 Å². The van der Waals surface area contributed by atoms with Gasteiger partial charge in [0.05, 0.1) is 24.5 Å². The lowest BCUT2D eigenvalue weighted by molar-refractivity contribution is -0.159. The zero-order valence-corrected chi connectivity index (χ0v) is 20.2. The third-order valence-electron chi connectivity index (χ3n) is 7.70. The Balaban J connectivity index is 1.37. The fourth-order valence-electron chi connectivity index (χ4n) is 6.44. The third-order valence-corrected chi connectivity index (χ3v) is 7.70. The number of ether oxygens (including phenoxy) is 4. The molecule has 4 atom stereocenters. The molecule has 184 valence electrons. The van der Waals surface area contributed by atoms with Gasteiger partial charge in [-0.3, -0.25) is 4.79 Å². The quantitative estimate of drug-likeness (QED) is 0.633. The number of aliphatic hydroxyl groups is 1. The number of carbonyl (C=O) groups excluding carboxylic acids is 2. The van der Waals surface area contributed by atoms with E-state index in [0.717, 1.165) is 31.2 Å². The first kappa shape index (κ1) is 23.0. The number of methoxy groups -OCH3 is 1. The van der Waals surface area contributed by atoms with E-state index in [0.29, 0.717) is 23.7 Å². The first-order valence-corrected chi connectivity index (χ1v) is 12.1. The summed E-state index contributed by atoms with van der Waals surface area (Å²) < 4.78 is 23.0. The highest BCUT2D eigenvalue weighted by Crippen LogP contribution is 2.67. The molecule has 8 heteroatoms. The van der Waals surface area contributed by atoms with Crippen molar-refractivity contribution in [3.8, 4) is 11.5 Å². The number of nitrogens with one attached hydrogen (secondary N) is 1. The highest BCUT2D eigenvalue weighted by atomic mass is 16.6. The molecule has 34 heavy (non-hydrogen) atoms. The van der Waals surface area contributed by atoms with Crippen LogP contribution in [0.3, 0.4) is 0 Å². The summed E-state index contributed by atoms with van der Waals surface area (Å²) >= 11 is 0. The zero-order valence-electron chi connectivity index (χ0n) is 20.2. The zero-order chi connectivity index (χ0) is 24.3. The SMILES string of the molecule is COc1ccc2c3c1O[C@H]1C(OC(=O)CCNC(=O)OC(C)(C)C)=CC[C@@]4(O)[C@H](CCC[C@]314)C2. The summed E-state index contributed by atoms with van der Waals surface area (Å²) in [6, 6.07) is 4.00. The van der Waals surface area contributed by atoms with Crippen LogP contribution in [-0.2, 0) is 26.1 Å². The Morgan fingerprint density at radius 3 is 2.82 bits per heavy atom. The standard InChI is InChI=1S/C26H33NO7/c1-24(2,3)34-23(29)27-13-10-19(28)32-18-9-12-26(30)16-6-5-11-25(26)20-15(14-16)7-8-17(31-4)21(20)33-22(18)25/h7-9,16,22,30H,5-6,10-14H2,1-4H3,(H,27,29)/t16-,22+,25+,26-/m1/s1. The molecule has 5 rings (SSSR count). The van der Waals surface area contributed by atoms with E-state index >= 15 is 0 Å². The second kappa shape index (κ2) is 7.90. The summed E-state index contributed by atoms with van der Waals surface area (Å²) in [6.45, 7) is 5.43. The monoisotopic (exact) mass is 471 g/mol. The summed E-state index contributed by atoms with van der Waals surface area (Å²) in [5, 5.41) is 14.6. The topological polar surface area (TPSA) is 103 Å². The first-order valence-electron chi connectivity index (χ1n) is 12.1. The van der Waals surface area contributed by atoms with Crippen molar-refractivity contribution < 1.29 is 33.6 Å². The molecule has 4 aliphatic rings. The van der Waals surface area contributed by atoms with Gasteiger partial charge in [-0.2, -0.15) is 0 Å². The maximum absolute atomic E-state index is 12.7. The maximum Gasteiger partial charge on any atom is 0.407 e. The summed E-state index contributed by atoms with van der Waals surface area (Å²) in [4.78, 5) is 24.5. The van der Waals surface area contributed by atoms with Gasteiger partial charge in [0.15, 0.2) is 17.6 Å². The lowest BCUT2D eigenvalue weighted by atomic mass is 9.47. The number of carbonyl (C=O) groups is 2. The van der Waals surface area contributed by atoms with E-state index in [9.17, 15) is 14.7 Å². The number of benzene rings is 1. The van der Waals surface area contributed by atoms with E-state index in [2.05, 4.69) is 11.4 Å². The highest BCUT2D eigenvalue weighted by molar-refractivity contribution is 5.73. The molecule has 3 aliphatic carbocycles. The number of esters is 1. The molecule has 0 radical (unpaired) electrons. The van der Waals surface area contributed by atoms with E-state index in [-0.39, 0.29) is 18.9 Å². The van der Waals surface area contributed by atoms with Gasteiger partial charge in [-0.15, -0.1) is 0 Å². The van der Waals surface area contributed by atoms with Crippen LogP contribution in [-0.4, -0.2) is 48.1 Å². The molecule has 1 amide bonds. The molecule has 1 fully saturated rings. The predicted octanol–water partition coefficient (Wildman–Crippen LogP) is 3.53. The van der Waals surface area contributed by atoms with Gasteiger partial charge in [-0.05, 0) is 70.1 Å². The van der Waals surface area contributed by atoms with Crippen molar-refractivity contribution in [2.75, 3.05) is 13.7 Å². The van der Waals surface area contributed by atoms with Crippen molar-refractivity contribution in [1.29, 1.82) is 0 Å². The van der Waals surface area contributed by atoms with Crippen LogP contribution in [0.2, 0.25) is 0 Å². The van der Waals surface area contributed by atoms with Gasteiger partial charge in [0.1, 0.15) is 11.4 Å². The smallest absolute Gasteiger partial charge is 0.407 e. The molecule has 8 nitrogen and oxygen atoms in total. The van der Waals surface area contributed by atoms with Gasteiger partial charge in [0, 0.05) is 12.1 Å². The Bertz CT molecular complexity index is 1060. The lowest BCUT2D eigenvalue weighted by Gasteiger charge is -2.59. The van der Waals surface area contributed by atoms with E-state index in [1.54, 1.807) is 27.9 Å². The Kier molecular flexibility index (Phi) is 5.35. The largest absolute Gasteiger partial charge is 0.493 e. The van der Waals surface area contributed by atoms with Crippen LogP contribution in [0.5, 0.6) is 11.5 Å². The third kappa shape index (κ3) is 3.37. The van der Waals surface area contributed by atoms with Crippen LogP contribution in [0.4, 0.5) is 4.79 Å². The molecule has 0 aromatic heterocycles. The van der Waals surface area contributed by atoms with E-state index in [4.69, 9.17) is 18.9 Å². The lowest BCUT2D eigenvalue weighted by Crippen LogP contribution is -2.67. The van der Waals surface area contributed by atoms with Gasteiger partial charge in [0.2, 0.25) is 0 Å². The molecule has 1 aromatic carbocycles. The molecule has 1 spiro atoms. The highest BCUT2D eigenvalue weighted by Gasteiger charge is 2.70. The first-order chi connectivity index (χ1) is 16.1. The Morgan fingerprint density at radius 2 is 2.09 bits per heavy atom. The van der Waals surface area contributed by atoms with Gasteiger partial charge < -0.3 is 29.4 Å². The fraction of sp³-hybridized carbons (Fsp3) is 0.615. The molecule has 1 saturated carbocycles. The Labute approximate surface area is 199 Å². The van der Waals surface area contributed by atoms with Crippen molar-refractivity contribution in [2.45, 2.75) is 82.0 Å². The predicted molar refractivity (Wildman–Crippen MR) is 123 cm³/mol. The van der Waals surface area contributed by atoms with Gasteiger partial charge >= 0.3 is 12.1 Å². The minimum absolute atomic E-state index is 0.00921. The number of rotatable bonds is 5.